The molecule has 0 spiro atoms. The van der Waals surface area contributed by atoms with Crippen molar-refractivity contribution in [2.24, 2.45) is 5.92 Å². The Morgan fingerprint density at radius 3 is 2.14 bits per heavy atom. The van der Waals surface area contributed by atoms with Crippen molar-refractivity contribution in [2.75, 3.05) is 0 Å². The van der Waals surface area contributed by atoms with Gasteiger partial charge in [-0.3, -0.25) is 4.79 Å². The van der Waals surface area contributed by atoms with E-state index in [2.05, 4.69) is 19.2 Å². The number of nitrogens with one attached hydrogen (secondary N) is 1. The van der Waals surface area contributed by atoms with Crippen molar-refractivity contribution < 1.29 is 10.0 Å². The molecule has 1 atom stereocenters. The minimum absolute atomic E-state index is 0.100. The van der Waals surface area contributed by atoms with Crippen molar-refractivity contribution in [2.45, 2.75) is 97.2 Å². The van der Waals surface area contributed by atoms with E-state index in [1.807, 2.05) is 27.7 Å². The Kier molecular flexibility index (Phi) is 6.23. The normalized spacial score (nSPS) is 23.8. The van der Waals surface area contributed by atoms with Crippen LogP contribution in [-0.2, 0) is 10.0 Å². The highest BCUT2D eigenvalue weighted by atomic mass is 16.5. The van der Waals surface area contributed by atoms with Crippen molar-refractivity contribution in [3.8, 4) is 0 Å². The predicted octanol–water partition coefficient (Wildman–Crippen LogP) is 3.69. The summed E-state index contributed by atoms with van der Waals surface area (Å²) < 4.78 is 0. The third-order valence-corrected chi connectivity index (χ3v) is 4.71. The van der Waals surface area contributed by atoms with Gasteiger partial charge in [0.25, 0.3) is 0 Å². The molecule has 0 aromatic carbocycles. The molecule has 4 heteroatoms. The molecular weight excluding hydrogens is 264 g/mol. The minimum atomic E-state index is -0.426. The molecule has 1 fully saturated rings. The van der Waals surface area contributed by atoms with Crippen LogP contribution in [0.25, 0.3) is 0 Å². The van der Waals surface area contributed by atoms with E-state index in [4.69, 9.17) is 0 Å². The summed E-state index contributed by atoms with van der Waals surface area (Å²) in [5.74, 6) is 0.281. The average molecular weight is 297 g/mol. The van der Waals surface area contributed by atoms with Gasteiger partial charge in [-0.1, -0.05) is 26.7 Å². The SMILES string of the molecule is CCCCC(CC)C(=O)NC1CC(C)(C)N([O])C(C)(C)C1. The van der Waals surface area contributed by atoms with E-state index in [9.17, 15) is 10.0 Å². The fraction of sp³-hybridized carbons (Fsp3) is 0.941. The number of piperidine rings is 1. The highest BCUT2D eigenvalue weighted by Crippen LogP contribution is 2.37. The Labute approximate surface area is 130 Å². The lowest BCUT2D eigenvalue weighted by atomic mass is 9.78. The van der Waals surface area contributed by atoms with Crippen LogP contribution in [-0.4, -0.2) is 28.1 Å². The molecule has 1 unspecified atom stereocenters. The van der Waals surface area contributed by atoms with Gasteiger partial charge in [0.15, 0.2) is 0 Å². The first kappa shape index (κ1) is 18.4. The molecule has 0 aromatic heterocycles. The van der Waals surface area contributed by atoms with E-state index in [1.165, 1.54) is 5.06 Å². The van der Waals surface area contributed by atoms with Crippen LogP contribution in [0.1, 0.15) is 80.1 Å². The Hall–Kier alpha value is -0.610. The van der Waals surface area contributed by atoms with Crippen LogP contribution in [0.15, 0.2) is 0 Å². The molecule has 4 nitrogen and oxygen atoms in total. The van der Waals surface area contributed by atoms with Gasteiger partial charge in [-0.2, -0.15) is 0 Å². The molecule has 21 heavy (non-hydrogen) atoms. The van der Waals surface area contributed by atoms with Crippen molar-refractivity contribution in [1.29, 1.82) is 0 Å². The molecule has 1 saturated heterocycles. The predicted molar refractivity (Wildman–Crippen MR) is 85.2 cm³/mol. The fourth-order valence-corrected chi connectivity index (χ4v) is 3.66. The van der Waals surface area contributed by atoms with Crippen LogP contribution in [0, 0.1) is 5.92 Å². The summed E-state index contributed by atoms with van der Waals surface area (Å²) >= 11 is 0. The van der Waals surface area contributed by atoms with Gasteiger partial charge in [0.1, 0.15) is 0 Å². The first-order chi connectivity index (χ1) is 9.64. The maximum atomic E-state index is 12.4. The lowest BCUT2D eigenvalue weighted by molar-refractivity contribution is -0.290. The molecule has 1 amide bonds. The molecule has 1 rings (SSSR count). The molecule has 0 saturated carbocycles. The number of nitrogens with zero attached hydrogens (tertiary/aromatic N) is 1. The molecule has 1 radical (unpaired) electrons. The van der Waals surface area contributed by atoms with E-state index in [0.29, 0.717) is 0 Å². The number of amides is 1. The van der Waals surface area contributed by atoms with Crippen LogP contribution in [0.2, 0.25) is 0 Å². The second-order valence-electron chi connectivity index (χ2n) is 7.78. The minimum Gasteiger partial charge on any atom is -0.353 e. The average Bonchev–Trinajstić information content (AvgIpc) is 2.36. The molecule has 0 bridgehead atoms. The summed E-state index contributed by atoms with van der Waals surface area (Å²) in [4.78, 5) is 12.4. The van der Waals surface area contributed by atoms with Crippen LogP contribution in [0.5, 0.6) is 0 Å². The van der Waals surface area contributed by atoms with Crippen molar-refractivity contribution in [1.82, 2.24) is 10.4 Å². The highest BCUT2D eigenvalue weighted by Gasteiger charge is 2.46. The van der Waals surface area contributed by atoms with Crippen molar-refractivity contribution in [3.05, 3.63) is 0 Å². The zero-order chi connectivity index (χ0) is 16.3. The molecular formula is C17H33N2O2. The monoisotopic (exact) mass is 297 g/mol. The van der Waals surface area contributed by atoms with Crippen molar-refractivity contribution >= 4 is 5.91 Å². The van der Waals surface area contributed by atoms with E-state index in [-0.39, 0.29) is 17.9 Å². The van der Waals surface area contributed by atoms with Gasteiger partial charge in [-0.15, -0.1) is 10.3 Å². The standard InChI is InChI=1S/C17H33N2O2/c1-7-9-10-13(8-2)15(20)18-14-11-16(3,4)19(21)17(5,6)12-14/h13-14H,7-12H2,1-6H3,(H,18,20). The number of rotatable bonds is 6. The van der Waals surface area contributed by atoms with Gasteiger partial charge in [0.2, 0.25) is 5.91 Å². The topological polar surface area (TPSA) is 52.2 Å². The maximum absolute atomic E-state index is 12.4. The van der Waals surface area contributed by atoms with Gasteiger partial charge >= 0.3 is 0 Å². The van der Waals surface area contributed by atoms with Gasteiger partial charge in [-0.05, 0) is 53.4 Å². The first-order valence-corrected chi connectivity index (χ1v) is 8.42. The first-order valence-electron chi connectivity index (χ1n) is 8.42. The Morgan fingerprint density at radius 2 is 1.71 bits per heavy atom. The molecule has 1 N–H and O–H groups in total. The van der Waals surface area contributed by atoms with Crippen LogP contribution in [0.4, 0.5) is 0 Å². The Morgan fingerprint density at radius 1 is 1.19 bits per heavy atom. The van der Waals surface area contributed by atoms with E-state index in [1.54, 1.807) is 0 Å². The molecule has 1 aliphatic rings. The molecule has 0 aliphatic carbocycles. The highest BCUT2D eigenvalue weighted by molar-refractivity contribution is 5.78. The summed E-state index contributed by atoms with van der Waals surface area (Å²) in [6, 6.07) is 0.100. The molecule has 1 heterocycles. The summed E-state index contributed by atoms with van der Waals surface area (Å²) in [5, 5.41) is 16.7. The molecule has 0 aromatic rings. The lowest BCUT2D eigenvalue weighted by Crippen LogP contribution is -2.62. The molecule has 123 valence electrons. The quantitative estimate of drug-likeness (QED) is 0.813. The van der Waals surface area contributed by atoms with Gasteiger partial charge in [0, 0.05) is 23.0 Å². The van der Waals surface area contributed by atoms with Gasteiger partial charge in [-0.25, -0.2) is 0 Å². The summed E-state index contributed by atoms with van der Waals surface area (Å²) in [6.45, 7) is 12.1. The summed E-state index contributed by atoms with van der Waals surface area (Å²) in [5.41, 5.74) is -0.852. The number of carbonyl (C=O) groups excluding carboxylic acids is 1. The van der Waals surface area contributed by atoms with Gasteiger partial charge < -0.3 is 5.32 Å². The number of hydrogen-bond acceptors (Lipinski definition) is 2. The maximum Gasteiger partial charge on any atom is 0.223 e. The number of carbonyl (C=O) groups is 1. The third-order valence-electron chi connectivity index (χ3n) is 4.71. The van der Waals surface area contributed by atoms with Crippen LogP contribution >= 0.6 is 0 Å². The van der Waals surface area contributed by atoms with Gasteiger partial charge in [0.05, 0.1) is 0 Å². The summed E-state index contributed by atoms with van der Waals surface area (Å²) in [7, 11) is 0. The second kappa shape index (κ2) is 7.10. The fourth-order valence-electron chi connectivity index (χ4n) is 3.66. The lowest BCUT2D eigenvalue weighted by Gasteiger charge is -2.50. The Bertz CT molecular complexity index is 335. The van der Waals surface area contributed by atoms with E-state index < -0.39 is 11.1 Å². The van der Waals surface area contributed by atoms with E-state index in [0.717, 1.165) is 38.5 Å². The zero-order valence-corrected chi connectivity index (χ0v) is 14.7. The zero-order valence-electron chi connectivity index (χ0n) is 14.7. The largest absolute Gasteiger partial charge is 0.353 e. The van der Waals surface area contributed by atoms with Crippen LogP contribution < -0.4 is 5.32 Å². The third kappa shape index (κ3) is 4.68. The van der Waals surface area contributed by atoms with Crippen molar-refractivity contribution in [3.63, 3.8) is 0 Å². The number of hydrogen-bond donors (Lipinski definition) is 1. The van der Waals surface area contributed by atoms with E-state index >= 15 is 0 Å². The number of hydroxylamine groups is 2. The number of unbranched alkanes of at least 4 members (excludes halogenated alkanes) is 1. The van der Waals surface area contributed by atoms with Crippen LogP contribution in [0.3, 0.4) is 0 Å². The second-order valence-corrected chi connectivity index (χ2v) is 7.78. The smallest absolute Gasteiger partial charge is 0.223 e. The summed E-state index contributed by atoms with van der Waals surface area (Å²) in [6.07, 6.45) is 5.51. The Balaban J connectivity index is 2.67. The molecule has 1 aliphatic heterocycles.